The van der Waals surface area contributed by atoms with Crippen molar-refractivity contribution in [1.29, 1.82) is 0 Å². The van der Waals surface area contributed by atoms with E-state index in [1.165, 1.54) is 72.1 Å². The molecule has 1 N–H and O–H groups in total. The summed E-state index contributed by atoms with van der Waals surface area (Å²) in [6, 6.07) is 48.6. The van der Waals surface area contributed by atoms with Crippen molar-refractivity contribution in [3.63, 3.8) is 0 Å². The van der Waals surface area contributed by atoms with Gasteiger partial charge in [-0.15, -0.1) is 0 Å². The monoisotopic (exact) mass is 653 g/mol. The van der Waals surface area contributed by atoms with E-state index in [0.29, 0.717) is 12.2 Å². The average Bonchev–Trinajstić information content (AvgIpc) is 3.70. The number of anilines is 3. The Bertz CT molecular complexity index is 2690. The van der Waals surface area contributed by atoms with Gasteiger partial charge in [-0.3, -0.25) is 4.79 Å². The maximum absolute atomic E-state index is 11.5. The van der Waals surface area contributed by atoms with E-state index in [2.05, 4.69) is 95.9 Å². The molecule has 4 aliphatic rings. The van der Waals surface area contributed by atoms with Crippen molar-refractivity contribution in [1.82, 2.24) is 0 Å². The quantitative estimate of drug-likeness (QED) is 0.201. The molecule has 0 fully saturated rings. The van der Waals surface area contributed by atoms with Crippen molar-refractivity contribution in [2.45, 2.75) is 0 Å². The van der Waals surface area contributed by atoms with Gasteiger partial charge in [-0.25, -0.2) is 4.79 Å². The molecule has 236 valence electrons. The Morgan fingerprint density at radius 1 is 0.569 bits per heavy atom. The summed E-state index contributed by atoms with van der Waals surface area (Å²) >= 11 is 0. The highest BCUT2D eigenvalue weighted by Crippen LogP contribution is 2.46. The third-order valence-electron chi connectivity index (χ3n) is 11.3. The molecule has 5 nitrogen and oxygen atoms in total. The number of nitrogens with zero attached hydrogens (tertiary/aromatic N) is 1. The van der Waals surface area contributed by atoms with Crippen LogP contribution >= 0.6 is 0 Å². The molecule has 0 bridgehead atoms. The zero-order chi connectivity index (χ0) is 34.0. The van der Waals surface area contributed by atoms with Crippen LogP contribution in [0.2, 0.25) is 0 Å². The summed E-state index contributed by atoms with van der Waals surface area (Å²) in [4.78, 5) is 25.0. The zero-order valence-electron chi connectivity index (χ0n) is 27.1. The molecule has 51 heavy (non-hydrogen) atoms. The molecule has 11 rings (SSSR count). The smallest absolute Gasteiger partial charge is 0.335 e. The van der Waals surface area contributed by atoms with Gasteiger partial charge in [0.1, 0.15) is 5.75 Å². The molecule has 4 aliphatic heterocycles. The lowest BCUT2D eigenvalue weighted by Gasteiger charge is -2.42. The molecule has 0 amide bonds. The van der Waals surface area contributed by atoms with Crippen molar-refractivity contribution < 1.29 is 19.4 Å². The number of carboxylic acids is 1. The molecule has 0 saturated carbocycles. The number of benzene rings is 7. The molecule has 0 spiro atoms. The maximum Gasteiger partial charge on any atom is 0.335 e. The van der Waals surface area contributed by atoms with Crippen molar-refractivity contribution >= 4 is 75.7 Å². The molecule has 0 radical (unpaired) electrons. The molecule has 7 aromatic rings. The van der Waals surface area contributed by atoms with Crippen molar-refractivity contribution in [2.75, 3.05) is 4.90 Å². The molecule has 0 saturated heterocycles. The van der Waals surface area contributed by atoms with Crippen LogP contribution in [-0.2, 0) is 4.79 Å². The second-order valence-electron chi connectivity index (χ2n) is 13.7. The van der Waals surface area contributed by atoms with Crippen LogP contribution in [0.3, 0.4) is 0 Å². The van der Waals surface area contributed by atoms with Gasteiger partial charge >= 0.3 is 5.97 Å². The highest BCUT2D eigenvalue weighted by atomic mass is 16.5. The summed E-state index contributed by atoms with van der Waals surface area (Å²) in [7, 11) is 0. The number of ether oxygens (including phenoxy) is 1. The van der Waals surface area contributed by atoms with E-state index in [0.717, 1.165) is 22.3 Å². The predicted octanol–water partition coefficient (Wildman–Crippen LogP) is 5.34. The van der Waals surface area contributed by atoms with Crippen molar-refractivity contribution in [2.24, 2.45) is 0 Å². The highest BCUT2D eigenvalue weighted by molar-refractivity contribution is 7.05. The minimum Gasteiger partial charge on any atom is -0.478 e. The first-order chi connectivity index (χ1) is 25.1. The Hall–Kier alpha value is -6.59. The summed E-state index contributed by atoms with van der Waals surface area (Å²) in [5.74, 6) is -0.401. The number of rotatable bonds is 5. The fraction of sp³-hybridized carbons (Fsp3) is 0. The Morgan fingerprint density at radius 2 is 1.22 bits per heavy atom. The van der Waals surface area contributed by atoms with Gasteiger partial charge in [0.05, 0.1) is 5.56 Å². The van der Waals surface area contributed by atoms with Crippen LogP contribution in [0.4, 0.5) is 17.1 Å². The SMILES string of the molecule is O=COc1ccc(-c2ccc3c4c2-c2ccccc2B4c2cccc4c2N3c2cccc3c2B4c2cc(-c4ccc(C(=O)O)cc4)ccc2-3)cc1. The van der Waals surface area contributed by atoms with Gasteiger partial charge in [-0.1, -0.05) is 114 Å². The standard InChI is InChI=1S/C44H25B2NO4/c48-24-51-29-18-15-26(16-19-29)30-21-22-39-42-40(30)33-5-1-2-7-34(33)45(42)35-8-4-9-36-43(35)47(39)38-10-3-6-32-31-20-17-28(23-37(31)46(36)41(32)38)25-11-13-27(14-12-25)44(49)50/h1-24H,(H,49,50). The molecule has 0 atom stereocenters. The number of carbonyl (C=O) groups is 2. The number of hydrogen-bond donors (Lipinski definition) is 1. The summed E-state index contributed by atoms with van der Waals surface area (Å²) in [5.41, 5.74) is 21.1. The van der Waals surface area contributed by atoms with Gasteiger partial charge in [-0.05, 0) is 103 Å². The predicted molar refractivity (Wildman–Crippen MR) is 206 cm³/mol. The molecular formula is C44H25B2NO4. The van der Waals surface area contributed by atoms with Crippen molar-refractivity contribution in [3.05, 3.63) is 145 Å². The molecular weight excluding hydrogens is 628 g/mol. The average molecular weight is 653 g/mol. The normalized spacial score (nSPS) is 13.2. The van der Waals surface area contributed by atoms with E-state index in [1.54, 1.807) is 12.1 Å². The maximum atomic E-state index is 11.5. The largest absolute Gasteiger partial charge is 0.478 e. The molecule has 7 heteroatoms. The van der Waals surface area contributed by atoms with E-state index < -0.39 is 5.97 Å². The first-order valence-corrected chi connectivity index (χ1v) is 17.1. The molecule has 0 aromatic heterocycles. The van der Waals surface area contributed by atoms with Crippen LogP contribution in [0.15, 0.2) is 140 Å². The van der Waals surface area contributed by atoms with Gasteiger partial charge < -0.3 is 14.7 Å². The summed E-state index contributed by atoms with van der Waals surface area (Å²) in [5, 5.41) is 9.46. The van der Waals surface area contributed by atoms with E-state index in [9.17, 15) is 14.7 Å². The van der Waals surface area contributed by atoms with Crippen LogP contribution in [-0.4, -0.2) is 31.0 Å². The third-order valence-corrected chi connectivity index (χ3v) is 11.3. The number of carbonyl (C=O) groups excluding carboxylic acids is 1. The lowest BCUT2D eigenvalue weighted by molar-refractivity contribution is -0.120. The second kappa shape index (κ2) is 10.2. The molecule has 0 unspecified atom stereocenters. The Kier molecular flexibility index (Phi) is 5.66. The van der Waals surface area contributed by atoms with E-state index in [-0.39, 0.29) is 19.0 Å². The first kappa shape index (κ1) is 28.3. The number of aromatic carboxylic acids is 1. The Balaban J connectivity index is 1.14. The van der Waals surface area contributed by atoms with Crippen LogP contribution in [0.1, 0.15) is 10.4 Å². The van der Waals surface area contributed by atoms with Gasteiger partial charge in [0.2, 0.25) is 13.4 Å². The summed E-state index contributed by atoms with van der Waals surface area (Å²) in [6.07, 6.45) is 0. The third kappa shape index (κ3) is 3.72. The lowest BCUT2D eigenvalue weighted by Crippen LogP contribution is -2.62. The van der Waals surface area contributed by atoms with Crippen LogP contribution in [0.25, 0.3) is 44.5 Å². The van der Waals surface area contributed by atoms with Gasteiger partial charge in [0.25, 0.3) is 6.47 Å². The zero-order valence-corrected chi connectivity index (χ0v) is 27.1. The molecule has 7 aromatic carbocycles. The van der Waals surface area contributed by atoms with Gasteiger partial charge in [0, 0.05) is 17.1 Å². The van der Waals surface area contributed by atoms with Crippen molar-refractivity contribution in [3.8, 4) is 50.3 Å². The fourth-order valence-corrected chi connectivity index (χ4v) is 9.32. The second-order valence-corrected chi connectivity index (χ2v) is 13.7. The summed E-state index contributed by atoms with van der Waals surface area (Å²) < 4.78 is 5.11. The number of fused-ring (bicyclic) bond motifs is 10. The lowest BCUT2D eigenvalue weighted by atomic mass is 9.32. The molecule has 0 aliphatic carbocycles. The minimum atomic E-state index is -0.922. The number of hydrogen-bond acceptors (Lipinski definition) is 4. The first-order valence-electron chi connectivity index (χ1n) is 17.1. The number of para-hydroxylation sites is 1. The highest BCUT2D eigenvalue weighted by Gasteiger charge is 2.49. The van der Waals surface area contributed by atoms with E-state index in [4.69, 9.17) is 4.74 Å². The Labute approximate surface area is 294 Å². The minimum absolute atomic E-state index is 0.0692. The fourth-order valence-electron chi connectivity index (χ4n) is 9.32. The van der Waals surface area contributed by atoms with Crippen LogP contribution < -0.4 is 42.4 Å². The summed E-state index contributed by atoms with van der Waals surface area (Å²) in [6.45, 7) is 0.613. The van der Waals surface area contributed by atoms with Gasteiger partial charge in [-0.2, -0.15) is 0 Å². The number of carboxylic acid groups (broad SMARTS) is 1. The molecule has 4 heterocycles. The van der Waals surface area contributed by atoms with Crippen LogP contribution in [0, 0.1) is 0 Å². The van der Waals surface area contributed by atoms with Gasteiger partial charge in [0.15, 0.2) is 0 Å². The Morgan fingerprint density at radius 3 is 2.00 bits per heavy atom. The topological polar surface area (TPSA) is 66.8 Å². The van der Waals surface area contributed by atoms with Crippen LogP contribution in [0.5, 0.6) is 5.75 Å². The van der Waals surface area contributed by atoms with E-state index >= 15 is 0 Å². The van der Waals surface area contributed by atoms with E-state index in [1.807, 2.05) is 36.4 Å².